The molecule has 0 aliphatic carbocycles. The minimum absolute atomic E-state index is 0.0533. The first-order valence-electron chi connectivity index (χ1n) is 6.51. The highest BCUT2D eigenvalue weighted by Gasteiger charge is 2.22. The Kier molecular flexibility index (Phi) is 5.98. The monoisotopic (exact) mass is 362 g/mol. The molecule has 2 rings (SSSR count). The third kappa shape index (κ3) is 5.14. The Hall–Kier alpha value is -0.470. The minimum Gasteiger partial charge on any atom is -0.480 e. The average molecular weight is 363 g/mol. The maximum atomic E-state index is 10.7. The lowest BCUT2D eigenvalue weighted by molar-refractivity contribution is -0.138. The molecule has 7 heteroatoms. The summed E-state index contributed by atoms with van der Waals surface area (Å²) in [6.07, 6.45) is 0.0801. The van der Waals surface area contributed by atoms with E-state index in [1.54, 1.807) is 16.2 Å². The lowest BCUT2D eigenvalue weighted by Crippen LogP contribution is -2.47. The van der Waals surface area contributed by atoms with Crippen LogP contribution in [0.1, 0.15) is 4.88 Å². The number of aliphatic carboxylic acids is 1. The molecule has 2 heterocycles. The Morgan fingerprint density at radius 2 is 2.45 bits per heavy atom. The Bertz CT molecular complexity index is 455. The SMILES string of the molecule is CN(CC(=O)O)CC1CN(Cc2ccc(Br)s2)CCO1. The van der Waals surface area contributed by atoms with E-state index in [-0.39, 0.29) is 12.6 Å². The molecule has 1 N–H and O–H groups in total. The molecule has 1 saturated heterocycles. The van der Waals surface area contributed by atoms with Crippen molar-refractivity contribution in [2.45, 2.75) is 12.6 Å². The standard InChI is InChI=1S/C13H19BrN2O3S/c1-15(9-13(17)18)6-10-7-16(4-5-19-10)8-11-2-3-12(14)20-11/h2-3,10H,4-9H2,1H3,(H,17,18). The second kappa shape index (κ2) is 7.51. The van der Waals surface area contributed by atoms with Gasteiger partial charge >= 0.3 is 5.97 Å². The average Bonchev–Trinajstić information content (AvgIpc) is 2.74. The van der Waals surface area contributed by atoms with E-state index in [1.807, 2.05) is 7.05 Å². The first kappa shape index (κ1) is 15.9. The van der Waals surface area contributed by atoms with E-state index in [0.717, 1.165) is 23.4 Å². The second-order valence-corrected chi connectivity index (χ2v) is 7.57. The van der Waals surface area contributed by atoms with Gasteiger partial charge in [-0.1, -0.05) is 0 Å². The van der Waals surface area contributed by atoms with Gasteiger partial charge in [0.15, 0.2) is 0 Å². The predicted octanol–water partition coefficient (Wildman–Crippen LogP) is 1.73. The summed E-state index contributed by atoms with van der Waals surface area (Å²) in [6, 6.07) is 4.20. The number of nitrogens with zero attached hydrogens (tertiary/aromatic N) is 2. The van der Waals surface area contributed by atoms with Crippen molar-refractivity contribution in [3.63, 3.8) is 0 Å². The first-order valence-corrected chi connectivity index (χ1v) is 8.12. The summed E-state index contributed by atoms with van der Waals surface area (Å²) in [5.74, 6) is -0.802. The summed E-state index contributed by atoms with van der Waals surface area (Å²) in [5, 5.41) is 8.77. The van der Waals surface area contributed by atoms with Gasteiger partial charge < -0.3 is 9.84 Å². The number of carboxylic acid groups (broad SMARTS) is 1. The fourth-order valence-corrected chi connectivity index (χ4v) is 3.86. The molecule has 1 aromatic heterocycles. The molecule has 5 nitrogen and oxygen atoms in total. The van der Waals surface area contributed by atoms with Crippen LogP contribution in [0.15, 0.2) is 15.9 Å². The molecule has 1 aliphatic rings. The normalized spacial score (nSPS) is 20.4. The molecule has 0 bridgehead atoms. The van der Waals surface area contributed by atoms with E-state index in [0.29, 0.717) is 13.2 Å². The predicted molar refractivity (Wildman–Crippen MR) is 82.2 cm³/mol. The second-order valence-electron chi connectivity index (χ2n) is 5.02. The maximum Gasteiger partial charge on any atom is 0.317 e. The number of ether oxygens (including phenoxy) is 1. The van der Waals surface area contributed by atoms with Gasteiger partial charge in [0.2, 0.25) is 0 Å². The van der Waals surface area contributed by atoms with Gasteiger partial charge in [0.25, 0.3) is 0 Å². The molecule has 112 valence electrons. The highest BCUT2D eigenvalue weighted by Crippen LogP contribution is 2.23. The summed E-state index contributed by atoms with van der Waals surface area (Å²) in [4.78, 5) is 16.1. The van der Waals surface area contributed by atoms with Crippen molar-refractivity contribution < 1.29 is 14.6 Å². The zero-order chi connectivity index (χ0) is 14.5. The van der Waals surface area contributed by atoms with Gasteiger partial charge in [-0.25, -0.2) is 0 Å². The number of morpholine rings is 1. The van der Waals surface area contributed by atoms with Crippen molar-refractivity contribution in [3.05, 3.63) is 20.8 Å². The highest BCUT2D eigenvalue weighted by atomic mass is 79.9. The van der Waals surface area contributed by atoms with Crippen molar-refractivity contribution in [2.75, 3.05) is 39.8 Å². The Labute approximate surface area is 131 Å². The molecule has 1 unspecified atom stereocenters. The van der Waals surface area contributed by atoms with E-state index in [2.05, 4.69) is 33.0 Å². The lowest BCUT2D eigenvalue weighted by atomic mass is 10.2. The first-order chi connectivity index (χ1) is 9.52. The van der Waals surface area contributed by atoms with Crippen molar-refractivity contribution >= 4 is 33.2 Å². The van der Waals surface area contributed by atoms with Crippen molar-refractivity contribution in [3.8, 4) is 0 Å². The van der Waals surface area contributed by atoms with Gasteiger partial charge in [-0.2, -0.15) is 0 Å². The summed E-state index contributed by atoms with van der Waals surface area (Å²) in [6.45, 7) is 4.11. The zero-order valence-corrected chi connectivity index (χ0v) is 13.8. The molecule has 1 atom stereocenters. The lowest BCUT2D eigenvalue weighted by Gasteiger charge is -2.34. The minimum atomic E-state index is -0.802. The van der Waals surface area contributed by atoms with Crippen LogP contribution in [0.3, 0.4) is 0 Å². The van der Waals surface area contributed by atoms with E-state index in [9.17, 15) is 4.79 Å². The number of hydrogen-bond donors (Lipinski definition) is 1. The number of rotatable bonds is 6. The van der Waals surface area contributed by atoms with Crippen molar-refractivity contribution in [1.82, 2.24) is 9.80 Å². The largest absolute Gasteiger partial charge is 0.480 e. The molecule has 0 saturated carbocycles. The zero-order valence-electron chi connectivity index (χ0n) is 11.4. The van der Waals surface area contributed by atoms with Crippen LogP contribution >= 0.6 is 27.3 Å². The topological polar surface area (TPSA) is 53.0 Å². The molecule has 1 aromatic rings. The van der Waals surface area contributed by atoms with Crippen molar-refractivity contribution in [1.29, 1.82) is 0 Å². The fourth-order valence-electron chi connectivity index (χ4n) is 2.33. The molecule has 0 amide bonds. The molecule has 1 fully saturated rings. The molecule has 1 aliphatic heterocycles. The van der Waals surface area contributed by atoms with Crippen molar-refractivity contribution in [2.24, 2.45) is 0 Å². The smallest absolute Gasteiger partial charge is 0.317 e. The summed E-state index contributed by atoms with van der Waals surface area (Å²) in [7, 11) is 1.81. The third-order valence-electron chi connectivity index (χ3n) is 3.15. The molecular weight excluding hydrogens is 344 g/mol. The number of carbonyl (C=O) groups is 1. The van der Waals surface area contributed by atoms with Crippen LogP contribution in [0.4, 0.5) is 0 Å². The Morgan fingerprint density at radius 1 is 1.65 bits per heavy atom. The number of carboxylic acids is 1. The van der Waals surface area contributed by atoms with Crippen LogP contribution in [-0.4, -0.2) is 66.8 Å². The third-order valence-corrected chi connectivity index (χ3v) is 4.76. The van der Waals surface area contributed by atoms with Gasteiger partial charge in [0, 0.05) is 31.1 Å². The number of halogens is 1. The van der Waals surface area contributed by atoms with Crippen LogP contribution < -0.4 is 0 Å². The number of hydrogen-bond acceptors (Lipinski definition) is 5. The fraction of sp³-hybridized carbons (Fsp3) is 0.615. The van der Waals surface area contributed by atoms with Gasteiger partial charge in [-0.3, -0.25) is 14.6 Å². The van der Waals surface area contributed by atoms with Crippen LogP contribution in [0.25, 0.3) is 0 Å². The summed E-state index contributed by atoms with van der Waals surface area (Å²) >= 11 is 5.23. The number of likely N-dealkylation sites (N-methyl/N-ethyl adjacent to an activating group) is 1. The van der Waals surface area contributed by atoms with E-state index >= 15 is 0 Å². The quantitative estimate of drug-likeness (QED) is 0.834. The van der Waals surface area contributed by atoms with E-state index < -0.39 is 5.97 Å². The van der Waals surface area contributed by atoms with Crippen LogP contribution in [-0.2, 0) is 16.1 Å². The van der Waals surface area contributed by atoms with Crippen LogP contribution in [0.2, 0.25) is 0 Å². The van der Waals surface area contributed by atoms with Crippen LogP contribution in [0.5, 0.6) is 0 Å². The summed E-state index contributed by atoms with van der Waals surface area (Å²) < 4.78 is 6.87. The Balaban J connectivity index is 1.80. The molecule has 0 aromatic carbocycles. The van der Waals surface area contributed by atoms with E-state index in [4.69, 9.17) is 9.84 Å². The molecular formula is C13H19BrN2O3S. The molecule has 0 spiro atoms. The van der Waals surface area contributed by atoms with Gasteiger partial charge in [0.1, 0.15) is 0 Å². The van der Waals surface area contributed by atoms with E-state index in [1.165, 1.54) is 4.88 Å². The van der Waals surface area contributed by atoms with Gasteiger partial charge in [-0.15, -0.1) is 11.3 Å². The maximum absolute atomic E-state index is 10.7. The highest BCUT2D eigenvalue weighted by molar-refractivity contribution is 9.11. The van der Waals surface area contributed by atoms with Gasteiger partial charge in [0.05, 0.1) is 23.0 Å². The number of thiophene rings is 1. The van der Waals surface area contributed by atoms with Gasteiger partial charge in [-0.05, 0) is 35.1 Å². The summed E-state index contributed by atoms with van der Waals surface area (Å²) in [5.41, 5.74) is 0. The molecule has 20 heavy (non-hydrogen) atoms. The molecule has 0 radical (unpaired) electrons. The van der Waals surface area contributed by atoms with Crippen LogP contribution in [0, 0.1) is 0 Å². The Morgan fingerprint density at radius 3 is 3.10 bits per heavy atom.